The molecule has 0 fully saturated rings. The van der Waals surface area contributed by atoms with E-state index in [2.05, 4.69) is 10.9 Å². The van der Waals surface area contributed by atoms with Crippen molar-refractivity contribution in [2.45, 2.75) is 33.6 Å². The smallest absolute Gasteiger partial charge is 0.276 e. The van der Waals surface area contributed by atoms with Crippen LogP contribution in [0, 0.1) is 20.8 Å². The van der Waals surface area contributed by atoms with Crippen molar-refractivity contribution < 1.29 is 19.1 Å². The molecule has 2 rings (SSSR count). The summed E-state index contributed by atoms with van der Waals surface area (Å²) in [6.45, 7) is 6.11. The van der Waals surface area contributed by atoms with E-state index in [0.29, 0.717) is 18.8 Å². The van der Waals surface area contributed by atoms with Crippen molar-refractivity contribution in [3.05, 3.63) is 59.2 Å². The second kappa shape index (κ2) is 10.2. The monoisotopic (exact) mass is 370 g/mol. The molecule has 2 N–H and O–H groups in total. The minimum atomic E-state index is -0.415. The standard InChI is InChI=1S/C21H26N2O4/c1-15-9-11-18(12-10-15)26-13-5-8-19(24)22-23-20(25)14-27-21-16(2)6-4-7-17(21)3/h4,6-7,9-12H,5,8,13-14H2,1-3H3,(H,22,24)(H,23,25). The molecule has 0 aromatic heterocycles. The average Bonchev–Trinajstić information content (AvgIpc) is 2.64. The van der Waals surface area contributed by atoms with Crippen molar-refractivity contribution >= 4 is 11.8 Å². The summed E-state index contributed by atoms with van der Waals surface area (Å²) >= 11 is 0. The third-order valence-corrected chi connectivity index (χ3v) is 3.94. The largest absolute Gasteiger partial charge is 0.494 e. The summed E-state index contributed by atoms with van der Waals surface area (Å²) in [6, 6.07) is 13.5. The molecule has 2 amide bonds. The molecule has 0 aliphatic carbocycles. The van der Waals surface area contributed by atoms with Crippen LogP contribution >= 0.6 is 0 Å². The number of carbonyl (C=O) groups is 2. The van der Waals surface area contributed by atoms with Gasteiger partial charge in [0.1, 0.15) is 11.5 Å². The van der Waals surface area contributed by atoms with Gasteiger partial charge in [0.25, 0.3) is 5.91 Å². The Morgan fingerprint density at radius 3 is 2.15 bits per heavy atom. The first-order valence-corrected chi connectivity index (χ1v) is 8.92. The van der Waals surface area contributed by atoms with Crippen molar-refractivity contribution in [1.82, 2.24) is 10.9 Å². The first-order chi connectivity index (χ1) is 13.0. The number of hydrogen-bond acceptors (Lipinski definition) is 4. The lowest BCUT2D eigenvalue weighted by molar-refractivity contribution is -0.130. The highest BCUT2D eigenvalue weighted by atomic mass is 16.5. The Balaban J connectivity index is 1.60. The molecule has 2 aromatic carbocycles. The summed E-state index contributed by atoms with van der Waals surface area (Å²) in [5.74, 6) is 0.773. The van der Waals surface area contributed by atoms with Gasteiger partial charge in [-0.15, -0.1) is 0 Å². The van der Waals surface area contributed by atoms with E-state index in [1.807, 2.05) is 63.2 Å². The maximum atomic E-state index is 11.8. The van der Waals surface area contributed by atoms with Gasteiger partial charge in [-0.25, -0.2) is 0 Å². The number of para-hydroxylation sites is 1. The third-order valence-electron chi connectivity index (χ3n) is 3.94. The van der Waals surface area contributed by atoms with Crippen LogP contribution in [0.25, 0.3) is 0 Å². The Hall–Kier alpha value is -3.02. The van der Waals surface area contributed by atoms with Gasteiger partial charge in [0.15, 0.2) is 6.61 Å². The van der Waals surface area contributed by atoms with Gasteiger partial charge in [0.2, 0.25) is 5.91 Å². The molecule has 6 heteroatoms. The highest BCUT2D eigenvalue weighted by molar-refractivity contribution is 5.82. The van der Waals surface area contributed by atoms with Gasteiger partial charge in [0, 0.05) is 6.42 Å². The van der Waals surface area contributed by atoms with Crippen LogP contribution in [-0.2, 0) is 9.59 Å². The van der Waals surface area contributed by atoms with E-state index in [4.69, 9.17) is 9.47 Å². The molecule has 0 saturated carbocycles. The second-order valence-electron chi connectivity index (χ2n) is 6.37. The van der Waals surface area contributed by atoms with Crippen LogP contribution in [-0.4, -0.2) is 25.0 Å². The quantitative estimate of drug-likeness (QED) is 0.553. The molecule has 27 heavy (non-hydrogen) atoms. The summed E-state index contributed by atoms with van der Waals surface area (Å²) in [4.78, 5) is 23.6. The van der Waals surface area contributed by atoms with Crippen LogP contribution in [0.15, 0.2) is 42.5 Å². The van der Waals surface area contributed by atoms with Gasteiger partial charge in [-0.2, -0.15) is 0 Å². The minimum absolute atomic E-state index is 0.164. The molecule has 0 aliphatic heterocycles. The Bertz CT molecular complexity index is 752. The number of hydrogen-bond donors (Lipinski definition) is 2. The number of amides is 2. The minimum Gasteiger partial charge on any atom is -0.494 e. The van der Waals surface area contributed by atoms with Gasteiger partial charge in [-0.3, -0.25) is 20.4 Å². The predicted molar refractivity (Wildman–Crippen MR) is 104 cm³/mol. The van der Waals surface area contributed by atoms with Crippen LogP contribution < -0.4 is 20.3 Å². The van der Waals surface area contributed by atoms with Crippen LogP contribution in [0.3, 0.4) is 0 Å². The lowest BCUT2D eigenvalue weighted by Gasteiger charge is -2.12. The Morgan fingerprint density at radius 2 is 1.48 bits per heavy atom. The van der Waals surface area contributed by atoms with E-state index in [1.165, 1.54) is 5.56 Å². The highest BCUT2D eigenvalue weighted by Crippen LogP contribution is 2.21. The molecular formula is C21H26N2O4. The van der Waals surface area contributed by atoms with Crippen molar-refractivity contribution in [3.63, 3.8) is 0 Å². The van der Waals surface area contributed by atoms with E-state index in [-0.39, 0.29) is 18.9 Å². The molecular weight excluding hydrogens is 344 g/mol. The van der Waals surface area contributed by atoms with E-state index in [1.54, 1.807) is 0 Å². The maximum Gasteiger partial charge on any atom is 0.276 e. The first-order valence-electron chi connectivity index (χ1n) is 8.92. The van der Waals surface area contributed by atoms with Crippen LogP contribution in [0.5, 0.6) is 11.5 Å². The Labute approximate surface area is 159 Å². The normalized spacial score (nSPS) is 10.2. The molecule has 2 aromatic rings. The van der Waals surface area contributed by atoms with Crippen molar-refractivity contribution in [1.29, 1.82) is 0 Å². The van der Waals surface area contributed by atoms with Gasteiger partial charge in [-0.1, -0.05) is 35.9 Å². The van der Waals surface area contributed by atoms with Gasteiger partial charge in [-0.05, 0) is 50.5 Å². The number of nitrogens with one attached hydrogen (secondary N) is 2. The van der Waals surface area contributed by atoms with E-state index in [9.17, 15) is 9.59 Å². The zero-order chi connectivity index (χ0) is 19.6. The van der Waals surface area contributed by atoms with E-state index >= 15 is 0 Å². The van der Waals surface area contributed by atoms with Gasteiger partial charge >= 0.3 is 0 Å². The fraction of sp³-hybridized carbons (Fsp3) is 0.333. The van der Waals surface area contributed by atoms with Crippen molar-refractivity contribution in [2.24, 2.45) is 0 Å². The average molecular weight is 370 g/mol. The van der Waals surface area contributed by atoms with Crippen molar-refractivity contribution in [3.8, 4) is 11.5 Å². The fourth-order valence-electron chi connectivity index (χ4n) is 2.46. The molecule has 0 saturated heterocycles. The van der Waals surface area contributed by atoms with Gasteiger partial charge < -0.3 is 9.47 Å². The maximum absolute atomic E-state index is 11.8. The zero-order valence-electron chi connectivity index (χ0n) is 16.0. The molecule has 6 nitrogen and oxygen atoms in total. The number of aryl methyl sites for hydroxylation is 3. The van der Waals surface area contributed by atoms with Gasteiger partial charge in [0.05, 0.1) is 6.61 Å². The Morgan fingerprint density at radius 1 is 0.852 bits per heavy atom. The molecule has 0 unspecified atom stereocenters. The molecule has 0 heterocycles. The third kappa shape index (κ3) is 7.01. The fourth-order valence-corrected chi connectivity index (χ4v) is 2.46. The lowest BCUT2D eigenvalue weighted by Crippen LogP contribution is -2.43. The zero-order valence-corrected chi connectivity index (χ0v) is 16.0. The van der Waals surface area contributed by atoms with Crippen LogP contribution in [0.1, 0.15) is 29.5 Å². The molecule has 144 valence electrons. The number of rotatable bonds is 8. The Kier molecular flexibility index (Phi) is 7.67. The predicted octanol–water partition coefficient (Wildman–Crippen LogP) is 3.00. The SMILES string of the molecule is Cc1ccc(OCCCC(=O)NNC(=O)COc2c(C)cccc2C)cc1. The van der Waals surface area contributed by atoms with Crippen molar-refractivity contribution in [2.75, 3.05) is 13.2 Å². The second-order valence-corrected chi connectivity index (χ2v) is 6.37. The summed E-state index contributed by atoms with van der Waals surface area (Å²) in [7, 11) is 0. The first kappa shape index (κ1) is 20.3. The molecule has 0 radical (unpaired) electrons. The van der Waals surface area contributed by atoms with E-state index < -0.39 is 5.91 Å². The van der Waals surface area contributed by atoms with Crippen LogP contribution in [0.2, 0.25) is 0 Å². The summed E-state index contributed by atoms with van der Waals surface area (Å²) in [5.41, 5.74) is 7.82. The number of benzene rings is 2. The molecule has 0 bridgehead atoms. The molecule has 0 aliphatic rings. The highest BCUT2D eigenvalue weighted by Gasteiger charge is 2.08. The van der Waals surface area contributed by atoms with Crippen LogP contribution in [0.4, 0.5) is 0 Å². The summed E-state index contributed by atoms with van der Waals surface area (Å²) in [6.07, 6.45) is 0.804. The molecule has 0 atom stereocenters. The lowest BCUT2D eigenvalue weighted by atomic mass is 10.1. The van der Waals surface area contributed by atoms with E-state index in [0.717, 1.165) is 16.9 Å². The number of carbonyl (C=O) groups excluding carboxylic acids is 2. The topological polar surface area (TPSA) is 76.7 Å². The summed E-state index contributed by atoms with van der Waals surface area (Å²) in [5, 5.41) is 0. The molecule has 0 spiro atoms. The number of ether oxygens (including phenoxy) is 2. The summed E-state index contributed by atoms with van der Waals surface area (Å²) < 4.78 is 11.1. The number of hydrazine groups is 1.